The Hall–Kier alpha value is -1.97. The van der Waals surface area contributed by atoms with Crippen molar-refractivity contribution in [1.82, 2.24) is 0 Å². The number of carbonyl (C=O) groups excluding carboxylic acids is 1. The Labute approximate surface area is 183 Å². The van der Waals surface area contributed by atoms with Crippen molar-refractivity contribution in [2.45, 2.75) is 70.2 Å². The quantitative estimate of drug-likeness (QED) is 0.444. The minimum absolute atomic E-state index is 0.280. The van der Waals surface area contributed by atoms with Gasteiger partial charge in [0.05, 0.1) is 8.07 Å². The van der Waals surface area contributed by atoms with E-state index >= 15 is 0 Å². The molecule has 0 aromatic heterocycles. The van der Waals surface area contributed by atoms with Crippen molar-refractivity contribution in [2.75, 3.05) is 7.11 Å². The lowest BCUT2D eigenvalue weighted by Gasteiger charge is -2.45. The third kappa shape index (κ3) is 3.32. The molecule has 0 radical (unpaired) electrons. The lowest BCUT2D eigenvalue weighted by atomic mass is 9.83. The summed E-state index contributed by atoms with van der Waals surface area (Å²) in [5.41, 5.74) is 3.93. The summed E-state index contributed by atoms with van der Waals surface area (Å²) in [5, 5.41) is 1.11. The number of methoxy groups -OCH3 is 1. The normalized spacial score (nSPS) is 20.1. The molecule has 0 N–H and O–H groups in total. The lowest BCUT2D eigenvalue weighted by molar-refractivity contribution is -0.117. The van der Waals surface area contributed by atoms with Crippen LogP contribution in [-0.2, 0) is 15.1 Å². The maximum atomic E-state index is 14.0. The van der Waals surface area contributed by atoms with E-state index < -0.39 is 13.7 Å². The molecule has 1 unspecified atom stereocenters. The second kappa shape index (κ2) is 8.64. The van der Waals surface area contributed by atoms with Gasteiger partial charge in [0.25, 0.3) is 0 Å². The molecule has 1 atom stereocenters. The molecule has 0 heterocycles. The molecule has 1 aliphatic carbocycles. The molecule has 2 nitrogen and oxygen atoms in total. The molecule has 160 valence electrons. The largest absolute Gasteiger partial charge is 0.368 e. The summed E-state index contributed by atoms with van der Waals surface area (Å²) in [6.45, 7) is 13.9. The van der Waals surface area contributed by atoms with E-state index in [9.17, 15) is 4.79 Å². The molecule has 2 aromatic rings. The Kier molecular flexibility index (Phi) is 6.54. The molecular formula is C27H36O2Si. The molecule has 3 rings (SSSR count). The Morgan fingerprint density at radius 1 is 0.800 bits per heavy atom. The average Bonchev–Trinajstić information content (AvgIpc) is 3.03. The average molecular weight is 421 g/mol. The van der Waals surface area contributed by atoms with E-state index in [1.54, 1.807) is 7.11 Å². The van der Waals surface area contributed by atoms with Crippen LogP contribution in [0.4, 0.5) is 0 Å². The molecule has 2 aromatic carbocycles. The van der Waals surface area contributed by atoms with Crippen molar-refractivity contribution in [2.24, 2.45) is 0 Å². The van der Waals surface area contributed by atoms with Crippen LogP contribution in [0.1, 0.15) is 59.1 Å². The fourth-order valence-corrected chi connectivity index (χ4v) is 13.4. The first-order valence-corrected chi connectivity index (χ1v) is 13.4. The molecule has 3 heteroatoms. The molecule has 0 aliphatic heterocycles. The van der Waals surface area contributed by atoms with Gasteiger partial charge >= 0.3 is 0 Å². The molecule has 1 aliphatic rings. The van der Waals surface area contributed by atoms with Crippen LogP contribution >= 0.6 is 0 Å². The summed E-state index contributed by atoms with van der Waals surface area (Å²) < 4.78 is 6.33. The number of ketones is 1. The number of Topliss-reactive ketones (excluding diaryl/α,β-unsaturated/α-hetero) is 1. The third-order valence-corrected chi connectivity index (χ3v) is 14.4. The zero-order chi connectivity index (χ0) is 22.1. The Morgan fingerprint density at radius 2 is 1.27 bits per heavy atom. The number of ether oxygens (including phenoxy) is 1. The van der Waals surface area contributed by atoms with Crippen LogP contribution in [-0.4, -0.2) is 21.0 Å². The van der Waals surface area contributed by atoms with E-state index in [1.807, 2.05) is 24.3 Å². The highest BCUT2D eigenvalue weighted by Crippen LogP contribution is 2.57. The summed E-state index contributed by atoms with van der Waals surface area (Å²) in [4.78, 5) is 14.0. The maximum Gasteiger partial charge on any atom is 0.158 e. The van der Waals surface area contributed by atoms with E-state index in [0.717, 1.165) is 21.9 Å². The molecule has 0 saturated heterocycles. The predicted octanol–water partition coefficient (Wildman–Crippen LogP) is 7.17. The number of hydrogen-bond acceptors (Lipinski definition) is 2. The number of allylic oxidation sites excluding steroid dienone is 1. The topological polar surface area (TPSA) is 26.3 Å². The molecule has 0 saturated carbocycles. The van der Waals surface area contributed by atoms with Crippen LogP contribution in [0.3, 0.4) is 0 Å². The van der Waals surface area contributed by atoms with E-state index in [-0.39, 0.29) is 5.78 Å². The second-order valence-electron chi connectivity index (χ2n) is 9.51. The molecule has 0 fully saturated rings. The molecule has 30 heavy (non-hydrogen) atoms. The highest BCUT2D eigenvalue weighted by molar-refractivity contribution is 6.94. The zero-order valence-electron chi connectivity index (χ0n) is 19.5. The van der Waals surface area contributed by atoms with E-state index in [1.165, 1.54) is 0 Å². The first kappa shape index (κ1) is 22.7. The molecule has 0 amide bonds. The van der Waals surface area contributed by atoms with Crippen LogP contribution < -0.4 is 0 Å². The second-order valence-corrected chi connectivity index (χ2v) is 15.3. The van der Waals surface area contributed by atoms with Crippen LogP contribution in [0, 0.1) is 0 Å². The Bertz CT molecular complexity index is 891. The van der Waals surface area contributed by atoms with E-state index in [2.05, 4.69) is 77.9 Å². The van der Waals surface area contributed by atoms with Crippen LogP contribution in [0.15, 0.2) is 65.9 Å². The van der Waals surface area contributed by atoms with Crippen molar-refractivity contribution in [3.8, 4) is 0 Å². The summed E-state index contributed by atoms with van der Waals surface area (Å²) in [6.07, 6.45) is 0.383. The van der Waals surface area contributed by atoms with Gasteiger partial charge < -0.3 is 4.74 Å². The Morgan fingerprint density at radius 3 is 1.70 bits per heavy atom. The van der Waals surface area contributed by atoms with Crippen LogP contribution in [0.25, 0.3) is 5.57 Å². The van der Waals surface area contributed by atoms with Gasteiger partial charge in [-0.05, 0) is 38.5 Å². The van der Waals surface area contributed by atoms with Gasteiger partial charge in [0.2, 0.25) is 0 Å². The third-order valence-electron chi connectivity index (χ3n) is 7.29. The number of hydrogen-bond donors (Lipinski definition) is 0. The van der Waals surface area contributed by atoms with Crippen molar-refractivity contribution < 1.29 is 9.53 Å². The molecule has 0 bridgehead atoms. The van der Waals surface area contributed by atoms with Gasteiger partial charge in [-0.2, -0.15) is 0 Å². The Balaban J connectivity index is 2.48. The monoisotopic (exact) mass is 420 g/mol. The highest BCUT2D eigenvalue weighted by Gasteiger charge is 2.57. The van der Waals surface area contributed by atoms with Gasteiger partial charge in [-0.15, -0.1) is 0 Å². The minimum atomic E-state index is -2.19. The number of benzene rings is 2. The predicted molar refractivity (Wildman–Crippen MR) is 129 cm³/mol. The summed E-state index contributed by atoms with van der Waals surface area (Å²) >= 11 is 0. The molecular weight excluding hydrogens is 384 g/mol. The van der Waals surface area contributed by atoms with Crippen molar-refractivity contribution in [3.05, 3.63) is 77.0 Å². The zero-order valence-corrected chi connectivity index (χ0v) is 20.5. The first-order chi connectivity index (χ1) is 14.2. The van der Waals surface area contributed by atoms with Crippen molar-refractivity contribution >= 4 is 19.4 Å². The fourth-order valence-electron chi connectivity index (χ4n) is 6.30. The van der Waals surface area contributed by atoms with Crippen LogP contribution in [0.5, 0.6) is 0 Å². The fraction of sp³-hybridized carbons (Fsp3) is 0.444. The van der Waals surface area contributed by atoms with Gasteiger partial charge in [-0.1, -0.05) is 102 Å². The highest BCUT2D eigenvalue weighted by atomic mass is 28.3. The van der Waals surface area contributed by atoms with Gasteiger partial charge in [-0.3, -0.25) is 4.79 Å². The maximum absolute atomic E-state index is 14.0. The summed E-state index contributed by atoms with van der Waals surface area (Å²) in [5.74, 6) is 0.280. The smallest absolute Gasteiger partial charge is 0.158 e. The van der Waals surface area contributed by atoms with E-state index in [0.29, 0.717) is 23.0 Å². The van der Waals surface area contributed by atoms with Gasteiger partial charge in [0, 0.05) is 13.5 Å². The van der Waals surface area contributed by atoms with Crippen LogP contribution in [0.2, 0.25) is 16.6 Å². The minimum Gasteiger partial charge on any atom is -0.368 e. The lowest BCUT2D eigenvalue weighted by Crippen LogP contribution is -2.48. The number of carbonyl (C=O) groups is 1. The van der Waals surface area contributed by atoms with Gasteiger partial charge in [0.15, 0.2) is 5.78 Å². The number of rotatable bonds is 7. The standard InChI is InChI=1S/C27H36O2Si/c1-19(2)30(20(3)4,21(5)6)26-24(28)18-27(29-7,23-16-12-9-13-17-23)25(26)22-14-10-8-11-15-22/h8-17,19-21H,18H2,1-7H3. The summed E-state index contributed by atoms with van der Waals surface area (Å²) in [7, 11) is -0.432. The van der Waals surface area contributed by atoms with Crippen molar-refractivity contribution in [3.63, 3.8) is 0 Å². The van der Waals surface area contributed by atoms with E-state index in [4.69, 9.17) is 4.74 Å². The van der Waals surface area contributed by atoms with Crippen molar-refractivity contribution in [1.29, 1.82) is 0 Å². The van der Waals surface area contributed by atoms with Gasteiger partial charge in [-0.25, -0.2) is 0 Å². The SMILES string of the molecule is COC1(c2ccccc2)CC(=O)C([Si](C(C)C)(C(C)C)C(C)C)=C1c1ccccc1. The molecule has 0 spiro atoms. The summed E-state index contributed by atoms with van der Waals surface area (Å²) in [6, 6.07) is 20.8. The van der Waals surface area contributed by atoms with Gasteiger partial charge in [0.1, 0.15) is 5.60 Å². The first-order valence-electron chi connectivity index (χ1n) is 11.2.